The zero-order chi connectivity index (χ0) is 8.97. The number of ketones is 1. The van der Waals surface area contributed by atoms with E-state index < -0.39 is 0 Å². The van der Waals surface area contributed by atoms with Gasteiger partial charge in [0.15, 0.2) is 5.78 Å². The molecule has 1 aromatic rings. The molecule has 0 unspecified atom stereocenters. The van der Waals surface area contributed by atoms with Gasteiger partial charge < -0.3 is 0 Å². The van der Waals surface area contributed by atoms with Crippen molar-refractivity contribution >= 4 is 24.5 Å². The summed E-state index contributed by atoms with van der Waals surface area (Å²) in [4.78, 5) is 14.6. The molecule has 0 aliphatic carbocycles. The van der Waals surface area contributed by atoms with Crippen molar-refractivity contribution in [2.75, 3.05) is 0 Å². The van der Waals surface area contributed by atoms with Crippen LogP contribution in [-0.2, 0) is 4.79 Å². The second-order valence-corrected chi connectivity index (χ2v) is 2.78. The minimum atomic E-state index is 0.0200. The fourth-order valence-corrected chi connectivity index (χ4v) is 0.962. The van der Waals surface area contributed by atoms with Crippen LogP contribution in [0.1, 0.15) is 12.5 Å². The fourth-order valence-electron chi connectivity index (χ4n) is 0.747. The van der Waals surface area contributed by atoms with Crippen LogP contribution < -0.4 is 0 Å². The maximum Gasteiger partial charge on any atom is 0.152 e. The van der Waals surface area contributed by atoms with Gasteiger partial charge in [0.25, 0.3) is 0 Å². The predicted octanol–water partition coefficient (Wildman–Crippen LogP) is 1.97. The van der Waals surface area contributed by atoms with Crippen molar-refractivity contribution in [2.24, 2.45) is 0 Å². The second kappa shape index (κ2) is 4.07. The molecule has 0 amide bonds. The van der Waals surface area contributed by atoms with E-state index in [1.807, 2.05) is 6.07 Å². The zero-order valence-electron chi connectivity index (χ0n) is 6.69. The van der Waals surface area contributed by atoms with E-state index in [0.29, 0.717) is 5.03 Å². The van der Waals surface area contributed by atoms with Crippen molar-refractivity contribution in [3.05, 3.63) is 30.0 Å². The first kappa shape index (κ1) is 9.00. The van der Waals surface area contributed by atoms with Crippen LogP contribution in [0.4, 0.5) is 0 Å². The van der Waals surface area contributed by atoms with Crippen molar-refractivity contribution < 1.29 is 4.79 Å². The fraction of sp³-hybridized carbons (Fsp3) is 0.111. The van der Waals surface area contributed by atoms with Gasteiger partial charge in [-0.2, -0.15) is 0 Å². The molecular formula is C9H9NOS. The van der Waals surface area contributed by atoms with E-state index in [4.69, 9.17) is 0 Å². The lowest BCUT2D eigenvalue weighted by molar-refractivity contribution is -0.112. The summed E-state index contributed by atoms with van der Waals surface area (Å²) in [5, 5.41) is 0.634. The Morgan fingerprint density at radius 2 is 2.42 bits per heavy atom. The van der Waals surface area contributed by atoms with Crippen molar-refractivity contribution in [1.29, 1.82) is 0 Å². The van der Waals surface area contributed by atoms with Gasteiger partial charge in [0, 0.05) is 11.8 Å². The van der Waals surface area contributed by atoms with Crippen LogP contribution in [0.5, 0.6) is 0 Å². The van der Waals surface area contributed by atoms with E-state index in [1.54, 1.807) is 18.3 Å². The van der Waals surface area contributed by atoms with Crippen LogP contribution >= 0.6 is 12.6 Å². The number of aromatic nitrogens is 1. The minimum Gasteiger partial charge on any atom is -0.295 e. The monoisotopic (exact) mass is 179 g/mol. The average molecular weight is 179 g/mol. The second-order valence-electron chi connectivity index (χ2n) is 2.36. The molecule has 2 nitrogen and oxygen atoms in total. The molecular weight excluding hydrogens is 170 g/mol. The molecule has 0 radical (unpaired) electrons. The lowest BCUT2D eigenvalue weighted by Crippen LogP contribution is -1.83. The molecule has 0 fully saturated rings. The molecule has 0 aromatic carbocycles. The molecule has 0 N–H and O–H groups in total. The maximum atomic E-state index is 10.6. The third kappa shape index (κ3) is 2.51. The smallest absolute Gasteiger partial charge is 0.152 e. The van der Waals surface area contributed by atoms with Gasteiger partial charge >= 0.3 is 0 Å². The lowest BCUT2D eigenvalue weighted by atomic mass is 10.2. The summed E-state index contributed by atoms with van der Waals surface area (Å²) in [6.45, 7) is 1.51. The van der Waals surface area contributed by atoms with Gasteiger partial charge in [0.05, 0.1) is 0 Å². The molecule has 62 valence electrons. The Bertz CT molecular complexity index is 320. The number of hydrogen-bond acceptors (Lipinski definition) is 3. The summed E-state index contributed by atoms with van der Waals surface area (Å²) < 4.78 is 0. The number of carbonyl (C=O) groups excluding carboxylic acids is 1. The maximum absolute atomic E-state index is 10.6. The summed E-state index contributed by atoms with van der Waals surface area (Å²) in [6, 6.07) is 3.66. The first-order valence-electron chi connectivity index (χ1n) is 3.53. The van der Waals surface area contributed by atoms with E-state index in [0.717, 1.165) is 5.56 Å². The van der Waals surface area contributed by atoms with Crippen LogP contribution in [0.3, 0.4) is 0 Å². The number of carbonyl (C=O) groups is 1. The van der Waals surface area contributed by atoms with Crippen LogP contribution in [0.15, 0.2) is 29.4 Å². The number of rotatable bonds is 2. The Balaban J connectivity index is 2.89. The van der Waals surface area contributed by atoms with Gasteiger partial charge in [-0.25, -0.2) is 4.98 Å². The summed E-state index contributed by atoms with van der Waals surface area (Å²) in [6.07, 6.45) is 4.86. The molecule has 0 atom stereocenters. The third-order valence-corrected chi connectivity index (χ3v) is 1.69. The molecule has 0 aliphatic rings. The molecule has 12 heavy (non-hydrogen) atoms. The molecule has 1 heterocycles. The Labute approximate surface area is 76.7 Å². The van der Waals surface area contributed by atoms with Gasteiger partial charge in [-0.15, -0.1) is 12.6 Å². The van der Waals surface area contributed by atoms with Crippen LogP contribution in [0, 0.1) is 0 Å². The average Bonchev–Trinajstić information content (AvgIpc) is 2.03. The Morgan fingerprint density at radius 1 is 1.67 bits per heavy atom. The molecule has 3 heteroatoms. The predicted molar refractivity (Wildman–Crippen MR) is 51.2 cm³/mol. The Morgan fingerprint density at radius 3 is 3.00 bits per heavy atom. The normalized spacial score (nSPS) is 10.5. The number of nitrogens with zero attached hydrogens (tertiary/aromatic N) is 1. The highest BCUT2D eigenvalue weighted by molar-refractivity contribution is 7.80. The largest absolute Gasteiger partial charge is 0.295 e. The van der Waals surface area contributed by atoms with Crippen LogP contribution in [-0.4, -0.2) is 10.8 Å². The number of pyridine rings is 1. The van der Waals surface area contributed by atoms with Crippen molar-refractivity contribution in [1.82, 2.24) is 4.98 Å². The topological polar surface area (TPSA) is 30.0 Å². The van der Waals surface area contributed by atoms with E-state index in [-0.39, 0.29) is 5.78 Å². The number of allylic oxidation sites excluding steroid dienone is 1. The summed E-state index contributed by atoms with van der Waals surface area (Å²) >= 11 is 4.13. The lowest BCUT2D eigenvalue weighted by Gasteiger charge is -1.94. The summed E-state index contributed by atoms with van der Waals surface area (Å²) in [5.74, 6) is 0.0200. The highest BCUT2D eigenvalue weighted by Gasteiger charge is 1.93. The van der Waals surface area contributed by atoms with Gasteiger partial charge in [-0.05, 0) is 25.1 Å². The molecule has 0 saturated heterocycles. The van der Waals surface area contributed by atoms with Crippen LogP contribution in [0.2, 0.25) is 0 Å². The van der Waals surface area contributed by atoms with Gasteiger partial charge in [0.1, 0.15) is 5.03 Å². The van der Waals surface area contributed by atoms with E-state index in [2.05, 4.69) is 17.6 Å². The highest BCUT2D eigenvalue weighted by atomic mass is 32.1. The Hall–Kier alpha value is -1.09. The molecule has 1 aromatic heterocycles. The zero-order valence-corrected chi connectivity index (χ0v) is 7.58. The molecule has 1 rings (SSSR count). The van der Waals surface area contributed by atoms with Crippen LogP contribution in [0.25, 0.3) is 6.08 Å². The van der Waals surface area contributed by atoms with E-state index in [9.17, 15) is 4.79 Å². The summed E-state index contributed by atoms with van der Waals surface area (Å²) in [7, 11) is 0. The standard InChI is InChI=1S/C9H9NOS/c1-7(11)4-5-8-3-2-6-10-9(8)12/h2-6H,1H3,(H,10,12)/b5-4-. The van der Waals surface area contributed by atoms with E-state index >= 15 is 0 Å². The third-order valence-electron chi connectivity index (χ3n) is 1.31. The van der Waals surface area contributed by atoms with E-state index in [1.165, 1.54) is 13.0 Å². The molecule has 0 saturated carbocycles. The first-order valence-corrected chi connectivity index (χ1v) is 3.97. The quantitative estimate of drug-likeness (QED) is 0.555. The number of hydrogen-bond donors (Lipinski definition) is 1. The van der Waals surface area contributed by atoms with Gasteiger partial charge in [-0.1, -0.05) is 6.07 Å². The Kier molecular flexibility index (Phi) is 3.05. The van der Waals surface area contributed by atoms with Crippen molar-refractivity contribution in [3.63, 3.8) is 0 Å². The first-order chi connectivity index (χ1) is 5.70. The summed E-state index contributed by atoms with van der Waals surface area (Å²) in [5.41, 5.74) is 0.857. The van der Waals surface area contributed by atoms with Crippen molar-refractivity contribution in [2.45, 2.75) is 11.9 Å². The molecule has 0 spiro atoms. The molecule has 0 bridgehead atoms. The van der Waals surface area contributed by atoms with Gasteiger partial charge in [0.2, 0.25) is 0 Å². The van der Waals surface area contributed by atoms with Crippen molar-refractivity contribution in [3.8, 4) is 0 Å². The SMILES string of the molecule is CC(=O)/C=C\c1cccnc1S. The minimum absolute atomic E-state index is 0.0200. The number of thiol groups is 1. The molecule has 0 aliphatic heterocycles. The highest BCUT2D eigenvalue weighted by Crippen LogP contribution is 2.10. The van der Waals surface area contributed by atoms with Gasteiger partial charge in [-0.3, -0.25) is 4.79 Å².